The monoisotopic (exact) mass is 229 g/mol. The summed E-state index contributed by atoms with van der Waals surface area (Å²) in [6, 6.07) is 0.640. The summed E-state index contributed by atoms with van der Waals surface area (Å²) in [4.78, 5) is 0. The van der Waals surface area contributed by atoms with Crippen LogP contribution in [0.15, 0.2) is 0 Å². The first-order valence-corrected chi connectivity index (χ1v) is 6.48. The number of ether oxygens (including phenoxy) is 2. The maximum Gasteiger partial charge on any atom is 0.0704 e. The molecule has 0 amide bonds. The first-order chi connectivity index (χ1) is 7.51. The van der Waals surface area contributed by atoms with Crippen molar-refractivity contribution in [2.45, 2.75) is 64.6 Å². The fourth-order valence-corrected chi connectivity index (χ4v) is 1.95. The van der Waals surface area contributed by atoms with Gasteiger partial charge in [0.05, 0.1) is 19.3 Å². The molecule has 0 aromatic heterocycles. The molecular weight excluding hydrogens is 202 g/mol. The van der Waals surface area contributed by atoms with Crippen molar-refractivity contribution < 1.29 is 9.47 Å². The van der Waals surface area contributed by atoms with E-state index in [4.69, 9.17) is 9.47 Å². The van der Waals surface area contributed by atoms with Gasteiger partial charge in [0.2, 0.25) is 0 Å². The topological polar surface area (TPSA) is 30.5 Å². The van der Waals surface area contributed by atoms with Gasteiger partial charge in [0.25, 0.3) is 0 Å². The standard InChI is InChI=1S/C13H27NO2/c1-5-6-15-7-8-16-12-9-11(10-12)14-13(2,3)4/h11-12,14H,5-10H2,1-4H3. The van der Waals surface area contributed by atoms with Crippen LogP contribution in [-0.2, 0) is 9.47 Å². The predicted octanol–water partition coefficient (Wildman–Crippen LogP) is 2.35. The molecule has 0 aromatic carbocycles. The highest BCUT2D eigenvalue weighted by Gasteiger charge is 2.31. The second-order valence-corrected chi connectivity index (χ2v) is 5.67. The van der Waals surface area contributed by atoms with Gasteiger partial charge in [-0.25, -0.2) is 0 Å². The van der Waals surface area contributed by atoms with E-state index >= 15 is 0 Å². The van der Waals surface area contributed by atoms with E-state index < -0.39 is 0 Å². The van der Waals surface area contributed by atoms with E-state index in [0.717, 1.165) is 39.1 Å². The highest BCUT2D eigenvalue weighted by molar-refractivity contribution is 4.90. The minimum atomic E-state index is 0.222. The van der Waals surface area contributed by atoms with Crippen LogP contribution >= 0.6 is 0 Å². The van der Waals surface area contributed by atoms with Gasteiger partial charge in [-0.3, -0.25) is 0 Å². The Hall–Kier alpha value is -0.120. The summed E-state index contributed by atoms with van der Waals surface area (Å²) in [6.07, 6.45) is 3.82. The Labute approximate surface area is 99.9 Å². The maximum absolute atomic E-state index is 5.70. The Bertz CT molecular complexity index is 183. The molecule has 0 bridgehead atoms. The van der Waals surface area contributed by atoms with Crippen LogP contribution in [-0.4, -0.2) is 37.5 Å². The number of nitrogens with one attached hydrogen (secondary N) is 1. The van der Waals surface area contributed by atoms with E-state index in [0.29, 0.717) is 12.1 Å². The molecule has 0 aliphatic heterocycles. The molecule has 0 radical (unpaired) electrons. The molecule has 1 saturated carbocycles. The SMILES string of the molecule is CCCOCCOC1CC(NC(C)(C)C)C1. The Balaban J connectivity index is 1.92. The Morgan fingerprint density at radius 3 is 2.38 bits per heavy atom. The lowest BCUT2D eigenvalue weighted by atomic mass is 9.87. The van der Waals surface area contributed by atoms with E-state index in [-0.39, 0.29) is 5.54 Å². The van der Waals surface area contributed by atoms with Crippen LogP contribution in [0.3, 0.4) is 0 Å². The van der Waals surface area contributed by atoms with Gasteiger partial charge < -0.3 is 14.8 Å². The molecule has 1 aliphatic rings. The van der Waals surface area contributed by atoms with Crippen molar-refractivity contribution in [2.24, 2.45) is 0 Å². The molecule has 3 heteroatoms. The number of rotatable bonds is 7. The van der Waals surface area contributed by atoms with Crippen LogP contribution < -0.4 is 5.32 Å². The van der Waals surface area contributed by atoms with Gasteiger partial charge in [-0.1, -0.05) is 6.92 Å². The summed E-state index contributed by atoms with van der Waals surface area (Å²) in [5.74, 6) is 0. The minimum absolute atomic E-state index is 0.222. The van der Waals surface area contributed by atoms with Gasteiger partial charge in [-0.15, -0.1) is 0 Å². The van der Waals surface area contributed by atoms with E-state index in [1.165, 1.54) is 0 Å². The molecule has 1 fully saturated rings. The normalized spacial score (nSPS) is 25.5. The molecule has 0 saturated heterocycles. The summed E-state index contributed by atoms with van der Waals surface area (Å²) >= 11 is 0. The smallest absolute Gasteiger partial charge is 0.0704 e. The molecule has 3 nitrogen and oxygen atoms in total. The van der Waals surface area contributed by atoms with E-state index in [1.807, 2.05) is 0 Å². The van der Waals surface area contributed by atoms with E-state index in [9.17, 15) is 0 Å². The summed E-state index contributed by atoms with van der Waals surface area (Å²) in [7, 11) is 0. The Kier molecular flexibility index (Phi) is 5.73. The van der Waals surface area contributed by atoms with Crippen LogP contribution in [0.5, 0.6) is 0 Å². The molecule has 0 aromatic rings. The van der Waals surface area contributed by atoms with Crippen LogP contribution in [0.1, 0.15) is 47.0 Å². The maximum atomic E-state index is 5.70. The van der Waals surface area contributed by atoms with Gasteiger partial charge in [0.1, 0.15) is 0 Å². The van der Waals surface area contributed by atoms with Crippen molar-refractivity contribution in [3.8, 4) is 0 Å². The highest BCUT2D eigenvalue weighted by atomic mass is 16.5. The second-order valence-electron chi connectivity index (χ2n) is 5.67. The molecule has 0 atom stereocenters. The third kappa shape index (κ3) is 5.83. The summed E-state index contributed by atoms with van der Waals surface area (Å²) in [6.45, 7) is 11.1. The third-order valence-corrected chi connectivity index (χ3v) is 2.66. The van der Waals surface area contributed by atoms with Crippen molar-refractivity contribution in [1.82, 2.24) is 5.32 Å². The third-order valence-electron chi connectivity index (χ3n) is 2.66. The Morgan fingerprint density at radius 2 is 1.81 bits per heavy atom. The number of hydrogen-bond donors (Lipinski definition) is 1. The number of hydrogen-bond acceptors (Lipinski definition) is 3. The van der Waals surface area contributed by atoms with Crippen LogP contribution in [0, 0.1) is 0 Å². The molecule has 96 valence electrons. The van der Waals surface area contributed by atoms with Crippen molar-refractivity contribution in [3.05, 3.63) is 0 Å². The molecule has 1 aliphatic carbocycles. The zero-order chi connectivity index (χ0) is 12.0. The Morgan fingerprint density at radius 1 is 1.12 bits per heavy atom. The molecular formula is C13H27NO2. The lowest BCUT2D eigenvalue weighted by Crippen LogP contribution is -2.52. The quantitative estimate of drug-likeness (QED) is 0.680. The fraction of sp³-hybridized carbons (Fsp3) is 1.00. The molecule has 1 N–H and O–H groups in total. The fourth-order valence-electron chi connectivity index (χ4n) is 1.95. The molecule has 0 spiro atoms. The van der Waals surface area contributed by atoms with Crippen LogP contribution in [0.2, 0.25) is 0 Å². The summed E-state index contributed by atoms with van der Waals surface area (Å²) in [5, 5.41) is 3.59. The van der Waals surface area contributed by atoms with E-state index in [2.05, 4.69) is 33.0 Å². The molecule has 0 unspecified atom stereocenters. The van der Waals surface area contributed by atoms with Crippen molar-refractivity contribution in [1.29, 1.82) is 0 Å². The van der Waals surface area contributed by atoms with Crippen LogP contribution in [0.25, 0.3) is 0 Å². The lowest BCUT2D eigenvalue weighted by molar-refractivity contribution is -0.0450. The second kappa shape index (κ2) is 6.58. The molecule has 1 rings (SSSR count). The zero-order valence-electron chi connectivity index (χ0n) is 11.2. The van der Waals surface area contributed by atoms with Gasteiger partial charge in [0, 0.05) is 18.2 Å². The highest BCUT2D eigenvalue weighted by Crippen LogP contribution is 2.25. The largest absolute Gasteiger partial charge is 0.379 e. The first kappa shape index (κ1) is 13.9. The zero-order valence-corrected chi connectivity index (χ0v) is 11.2. The van der Waals surface area contributed by atoms with Gasteiger partial charge >= 0.3 is 0 Å². The van der Waals surface area contributed by atoms with Crippen molar-refractivity contribution in [3.63, 3.8) is 0 Å². The lowest BCUT2D eigenvalue weighted by Gasteiger charge is -2.40. The van der Waals surface area contributed by atoms with Crippen molar-refractivity contribution >= 4 is 0 Å². The minimum Gasteiger partial charge on any atom is -0.379 e. The van der Waals surface area contributed by atoms with Gasteiger partial charge in [-0.2, -0.15) is 0 Å². The summed E-state index contributed by atoms with van der Waals surface area (Å²) < 4.78 is 11.1. The average Bonchev–Trinajstić information content (AvgIpc) is 2.11. The van der Waals surface area contributed by atoms with Gasteiger partial charge in [0.15, 0.2) is 0 Å². The molecule has 0 heterocycles. The van der Waals surface area contributed by atoms with Crippen molar-refractivity contribution in [2.75, 3.05) is 19.8 Å². The predicted molar refractivity (Wildman–Crippen MR) is 66.8 cm³/mol. The molecule has 16 heavy (non-hydrogen) atoms. The van der Waals surface area contributed by atoms with E-state index in [1.54, 1.807) is 0 Å². The van der Waals surface area contributed by atoms with Crippen LogP contribution in [0.4, 0.5) is 0 Å². The summed E-state index contributed by atoms with van der Waals surface area (Å²) in [5.41, 5.74) is 0.222. The first-order valence-electron chi connectivity index (χ1n) is 6.48. The van der Waals surface area contributed by atoms with Gasteiger partial charge in [-0.05, 0) is 40.0 Å². The average molecular weight is 229 g/mol.